The van der Waals surface area contributed by atoms with Crippen molar-refractivity contribution in [3.8, 4) is 0 Å². The number of para-hydroxylation sites is 1. The lowest BCUT2D eigenvalue weighted by atomic mass is 9.58. The SMILES string of the molecule is CC(C)(C)c1ccc([C@@H]2CC(=O)c3ccccc3[C@@]23C(=O)N(Cc2ccccc2)c2ccccc23)cc1. The molecule has 0 saturated heterocycles. The van der Waals surface area contributed by atoms with E-state index >= 15 is 0 Å². The first kappa shape index (κ1) is 23.4. The fourth-order valence-electron chi connectivity index (χ4n) is 6.29. The van der Waals surface area contributed by atoms with Gasteiger partial charge in [0.05, 0.1) is 6.54 Å². The highest BCUT2D eigenvalue weighted by Crippen LogP contribution is 2.58. The summed E-state index contributed by atoms with van der Waals surface area (Å²) >= 11 is 0. The minimum Gasteiger partial charge on any atom is -0.307 e. The molecule has 6 rings (SSSR count). The van der Waals surface area contributed by atoms with Gasteiger partial charge < -0.3 is 4.90 Å². The molecular formula is C34H31NO2. The van der Waals surface area contributed by atoms with Crippen molar-refractivity contribution < 1.29 is 9.59 Å². The van der Waals surface area contributed by atoms with Crippen LogP contribution in [0.3, 0.4) is 0 Å². The molecular weight excluding hydrogens is 454 g/mol. The lowest BCUT2D eigenvalue weighted by Gasteiger charge is -2.42. The average molecular weight is 486 g/mol. The minimum atomic E-state index is -0.959. The van der Waals surface area contributed by atoms with E-state index < -0.39 is 5.41 Å². The molecule has 4 aromatic rings. The predicted molar refractivity (Wildman–Crippen MR) is 148 cm³/mol. The van der Waals surface area contributed by atoms with E-state index in [1.807, 2.05) is 65.6 Å². The second kappa shape index (κ2) is 8.55. The molecule has 4 aromatic carbocycles. The first-order valence-electron chi connectivity index (χ1n) is 13.0. The molecule has 1 aliphatic heterocycles. The van der Waals surface area contributed by atoms with Crippen molar-refractivity contribution in [2.45, 2.75) is 50.5 Å². The highest BCUT2D eigenvalue weighted by molar-refractivity contribution is 6.15. The Hall–Kier alpha value is -3.98. The number of carbonyl (C=O) groups excluding carboxylic acids is 2. The largest absolute Gasteiger partial charge is 0.307 e. The average Bonchev–Trinajstić information content (AvgIpc) is 3.15. The summed E-state index contributed by atoms with van der Waals surface area (Å²) < 4.78 is 0. The van der Waals surface area contributed by atoms with Crippen LogP contribution in [-0.4, -0.2) is 11.7 Å². The summed E-state index contributed by atoms with van der Waals surface area (Å²) in [6, 6.07) is 34.5. The predicted octanol–water partition coefficient (Wildman–Crippen LogP) is 7.19. The number of fused-ring (bicyclic) bond motifs is 4. The van der Waals surface area contributed by atoms with E-state index in [2.05, 4.69) is 63.2 Å². The normalized spacial score (nSPS) is 20.7. The molecule has 3 heteroatoms. The topological polar surface area (TPSA) is 37.4 Å². The zero-order valence-corrected chi connectivity index (χ0v) is 21.6. The fraction of sp³-hybridized carbons (Fsp3) is 0.235. The van der Waals surface area contributed by atoms with Crippen molar-refractivity contribution in [2.75, 3.05) is 4.90 Å². The van der Waals surface area contributed by atoms with E-state index in [0.717, 1.165) is 27.9 Å². The molecule has 0 unspecified atom stereocenters. The maximum Gasteiger partial charge on any atom is 0.243 e. The molecule has 0 aromatic heterocycles. The second-order valence-electron chi connectivity index (χ2n) is 11.3. The Balaban J connectivity index is 1.59. The van der Waals surface area contributed by atoms with Gasteiger partial charge in [-0.1, -0.05) is 118 Å². The van der Waals surface area contributed by atoms with Gasteiger partial charge in [0.25, 0.3) is 0 Å². The smallest absolute Gasteiger partial charge is 0.243 e. The number of rotatable bonds is 3. The van der Waals surface area contributed by atoms with Crippen LogP contribution in [0.2, 0.25) is 0 Å². The van der Waals surface area contributed by atoms with Crippen LogP contribution in [-0.2, 0) is 22.2 Å². The number of amides is 1. The van der Waals surface area contributed by atoms with Crippen LogP contribution >= 0.6 is 0 Å². The van der Waals surface area contributed by atoms with Gasteiger partial charge in [0.1, 0.15) is 5.41 Å². The molecule has 37 heavy (non-hydrogen) atoms. The molecule has 0 bridgehead atoms. The summed E-state index contributed by atoms with van der Waals surface area (Å²) in [5, 5.41) is 0. The molecule has 2 aliphatic rings. The summed E-state index contributed by atoms with van der Waals surface area (Å²) in [5.41, 5.74) is 5.80. The number of benzene rings is 4. The van der Waals surface area contributed by atoms with Gasteiger partial charge in [-0.25, -0.2) is 0 Å². The number of hydrogen-bond acceptors (Lipinski definition) is 2. The van der Waals surface area contributed by atoms with Crippen molar-refractivity contribution in [2.24, 2.45) is 0 Å². The summed E-state index contributed by atoms with van der Waals surface area (Å²) in [4.78, 5) is 30.3. The number of nitrogens with zero attached hydrogens (tertiary/aromatic N) is 1. The second-order valence-corrected chi connectivity index (χ2v) is 11.3. The molecule has 0 fully saturated rings. The Morgan fingerprint density at radius 3 is 2.08 bits per heavy atom. The highest BCUT2D eigenvalue weighted by atomic mass is 16.2. The van der Waals surface area contributed by atoms with Crippen LogP contribution in [0, 0.1) is 0 Å². The van der Waals surface area contributed by atoms with Crippen molar-refractivity contribution in [1.29, 1.82) is 0 Å². The highest BCUT2D eigenvalue weighted by Gasteiger charge is 2.60. The number of ketones is 1. The Bertz CT molecular complexity index is 1500. The lowest BCUT2D eigenvalue weighted by molar-refractivity contribution is -0.122. The third kappa shape index (κ3) is 3.56. The van der Waals surface area contributed by atoms with Gasteiger partial charge in [0.2, 0.25) is 5.91 Å². The van der Waals surface area contributed by atoms with Crippen LogP contribution in [0.25, 0.3) is 0 Å². The van der Waals surface area contributed by atoms with Crippen molar-refractivity contribution in [1.82, 2.24) is 0 Å². The summed E-state index contributed by atoms with van der Waals surface area (Å²) in [6.07, 6.45) is 0.297. The zero-order valence-electron chi connectivity index (χ0n) is 21.6. The number of anilines is 1. The number of hydrogen-bond donors (Lipinski definition) is 0. The van der Waals surface area contributed by atoms with Crippen molar-refractivity contribution in [3.05, 3.63) is 137 Å². The van der Waals surface area contributed by atoms with Gasteiger partial charge in [-0.2, -0.15) is 0 Å². The van der Waals surface area contributed by atoms with E-state index in [1.54, 1.807) is 0 Å². The Kier molecular flexibility index (Phi) is 5.41. The van der Waals surface area contributed by atoms with Crippen LogP contribution in [0.1, 0.15) is 71.3 Å². The molecule has 1 amide bonds. The standard InChI is InChI=1S/C34H31NO2/c1-33(2,3)25-19-17-24(18-20-25)29-21-31(36)26-13-7-8-14-27(26)34(29)28-15-9-10-16-30(28)35(32(34)37)22-23-11-5-4-6-12-23/h4-20,29H,21-22H2,1-3H3/t29-,34-/m0/s1. The Labute approximate surface area is 218 Å². The molecule has 3 nitrogen and oxygen atoms in total. The zero-order chi connectivity index (χ0) is 25.8. The van der Waals surface area contributed by atoms with E-state index in [-0.39, 0.29) is 23.0 Å². The maximum atomic E-state index is 14.8. The van der Waals surface area contributed by atoms with Crippen LogP contribution in [0.4, 0.5) is 5.69 Å². The molecule has 0 N–H and O–H groups in total. The van der Waals surface area contributed by atoms with Crippen molar-refractivity contribution >= 4 is 17.4 Å². The number of carbonyl (C=O) groups is 2. The van der Waals surface area contributed by atoms with Gasteiger partial charge in [-0.3, -0.25) is 9.59 Å². The van der Waals surface area contributed by atoms with Crippen LogP contribution in [0.15, 0.2) is 103 Å². The van der Waals surface area contributed by atoms with E-state index in [4.69, 9.17) is 0 Å². The Morgan fingerprint density at radius 2 is 1.38 bits per heavy atom. The quantitative estimate of drug-likeness (QED) is 0.308. The van der Waals surface area contributed by atoms with Gasteiger partial charge in [0.15, 0.2) is 5.78 Å². The third-order valence-electron chi connectivity index (χ3n) is 8.13. The fourth-order valence-corrected chi connectivity index (χ4v) is 6.29. The Morgan fingerprint density at radius 1 is 0.757 bits per heavy atom. The minimum absolute atomic E-state index is 0.0213. The summed E-state index contributed by atoms with van der Waals surface area (Å²) in [7, 11) is 0. The maximum absolute atomic E-state index is 14.8. The third-order valence-corrected chi connectivity index (χ3v) is 8.13. The van der Waals surface area contributed by atoms with E-state index in [1.165, 1.54) is 5.56 Å². The van der Waals surface area contributed by atoms with E-state index in [9.17, 15) is 9.59 Å². The van der Waals surface area contributed by atoms with Gasteiger partial charge >= 0.3 is 0 Å². The molecule has 1 aliphatic carbocycles. The first-order valence-corrected chi connectivity index (χ1v) is 13.0. The van der Waals surface area contributed by atoms with Gasteiger partial charge in [-0.15, -0.1) is 0 Å². The van der Waals surface area contributed by atoms with Gasteiger partial charge in [0, 0.05) is 23.6 Å². The molecule has 0 saturated carbocycles. The summed E-state index contributed by atoms with van der Waals surface area (Å²) in [5.74, 6) is -0.154. The molecule has 1 spiro atoms. The number of Topliss-reactive ketones (excluding diaryl/α,β-unsaturated/α-hetero) is 1. The van der Waals surface area contributed by atoms with E-state index in [0.29, 0.717) is 18.5 Å². The van der Waals surface area contributed by atoms with Gasteiger partial charge in [-0.05, 0) is 39.3 Å². The molecule has 184 valence electrons. The van der Waals surface area contributed by atoms with Crippen LogP contribution in [0.5, 0.6) is 0 Å². The monoisotopic (exact) mass is 485 g/mol. The lowest BCUT2D eigenvalue weighted by Crippen LogP contribution is -2.49. The molecule has 2 atom stereocenters. The molecule has 0 radical (unpaired) electrons. The van der Waals surface area contributed by atoms with Crippen molar-refractivity contribution in [3.63, 3.8) is 0 Å². The molecule has 1 heterocycles. The van der Waals surface area contributed by atoms with Crippen LogP contribution < -0.4 is 4.90 Å². The first-order chi connectivity index (χ1) is 17.8. The summed E-state index contributed by atoms with van der Waals surface area (Å²) in [6.45, 7) is 7.08.